The van der Waals surface area contributed by atoms with Crippen LogP contribution < -0.4 is 5.56 Å². The number of hydrogen-bond acceptors (Lipinski definition) is 4. The Morgan fingerprint density at radius 2 is 2.00 bits per heavy atom. The number of nitrogens with one attached hydrogen (secondary N) is 1. The molecule has 0 bridgehead atoms. The predicted octanol–water partition coefficient (Wildman–Crippen LogP) is 3.96. The van der Waals surface area contributed by atoms with Crippen molar-refractivity contribution in [2.45, 2.75) is 19.3 Å². The van der Waals surface area contributed by atoms with Gasteiger partial charge in [0.2, 0.25) is 0 Å². The molecule has 1 saturated heterocycles. The highest BCUT2D eigenvalue weighted by Gasteiger charge is 2.24. The molecule has 1 amide bonds. The Balaban J connectivity index is 1.97. The van der Waals surface area contributed by atoms with E-state index >= 15 is 0 Å². The standard InChI is InChI=1S/C16H14BrN3O2S2/c17-9-4-5-11-10(8-9)14(21)18-13-12(24-16(23)20(11)13)15(22)19-6-2-1-3-7-19/h4-5,8H,1-3,6-7H2,(H,18,21). The third-order valence-corrected chi connectivity index (χ3v) is 6.18. The summed E-state index contributed by atoms with van der Waals surface area (Å²) in [6.45, 7) is 1.53. The first-order valence-electron chi connectivity index (χ1n) is 7.72. The largest absolute Gasteiger partial charge is 0.338 e. The summed E-state index contributed by atoms with van der Waals surface area (Å²) in [6.07, 6.45) is 3.21. The lowest BCUT2D eigenvalue weighted by Crippen LogP contribution is -2.35. The summed E-state index contributed by atoms with van der Waals surface area (Å²) in [7, 11) is 0. The minimum absolute atomic E-state index is 0.0413. The Kier molecular flexibility index (Phi) is 4.06. The van der Waals surface area contributed by atoms with Crippen molar-refractivity contribution in [2.24, 2.45) is 0 Å². The van der Waals surface area contributed by atoms with Crippen LogP contribution in [0.2, 0.25) is 0 Å². The maximum absolute atomic E-state index is 12.9. The Morgan fingerprint density at radius 1 is 1.25 bits per heavy atom. The van der Waals surface area contributed by atoms with E-state index < -0.39 is 0 Å². The van der Waals surface area contributed by atoms with Crippen LogP contribution in [0.5, 0.6) is 0 Å². The first-order valence-corrected chi connectivity index (χ1v) is 9.74. The minimum Gasteiger partial charge on any atom is -0.338 e. The van der Waals surface area contributed by atoms with E-state index in [0.717, 1.165) is 42.3 Å². The van der Waals surface area contributed by atoms with Gasteiger partial charge in [0.1, 0.15) is 10.5 Å². The zero-order valence-corrected chi connectivity index (χ0v) is 15.9. The van der Waals surface area contributed by atoms with Crippen molar-refractivity contribution in [1.82, 2.24) is 14.3 Å². The number of carbonyl (C=O) groups is 1. The fourth-order valence-electron chi connectivity index (χ4n) is 3.15. The van der Waals surface area contributed by atoms with Gasteiger partial charge in [-0.3, -0.25) is 14.0 Å². The molecule has 0 aliphatic carbocycles. The van der Waals surface area contributed by atoms with E-state index in [2.05, 4.69) is 20.9 Å². The molecular formula is C16H14BrN3O2S2. The molecule has 124 valence electrons. The second-order valence-electron chi connectivity index (χ2n) is 5.85. The van der Waals surface area contributed by atoms with E-state index in [9.17, 15) is 9.59 Å². The van der Waals surface area contributed by atoms with E-state index in [-0.39, 0.29) is 11.5 Å². The highest BCUT2D eigenvalue weighted by molar-refractivity contribution is 9.10. The van der Waals surface area contributed by atoms with E-state index in [1.165, 1.54) is 11.3 Å². The van der Waals surface area contributed by atoms with Gasteiger partial charge in [-0.1, -0.05) is 27.3 Å². The van der Waals surface area contributed by atoms with Crippen molar-refractivity contribution in [3.8, 4) is 0 Å². The van der Waals surface area contributed by atoms with Crippen LogP contribution in [0.15, 0.2) is 27.5 Å². The van der Waals surface area contributed by atoms with Crippen molar-refractivity contribution >= 4 is 61.9 Å². The topological polar surface area (TPSA) is 57.6 Å². The van der Waals surface area contributed by atoms with Gasteiger partial charge in [-0.05, 0) is 49.7 Å². The minimum atomic E-state index is -0.216. The maximum Gasteiger partial charge on any atom is 0.267 e. The quantitative estimate of drug-likeness (QED) is 0.602. The van der Waals surface area contributed by atoms with Crippen LogP contribution in [-0.4, -0.2) is 33.3 Å². The van der Waals surface area contributed by atoms with Gasteiger partial charge in [-0.25, -0.2) is 0 Å². The molecule has 1 aromatic carbocycles. The number of thiazole rings is 1. The molecular weight excluding hydrogens is 410 g/mol. The zero-order valence-electron chi connectivity index (χ0n) is 12.7. The monoisotopic (exact) mass is 423 g/mol. The molecule has 1 aliphatic rings. The maximum atomic E-state index is 12.9. The number of halogens is 1. The molecule has 4 rings (SSSR count). The molecule has 1 fully saturated rings. The van der Waals surface area contributed by atoms with Crippen molar-refractivity contribution < 1.29 is 4.79 Å². The number of H-pyrrole nitrogens is 1. The van der Waals surface area contributed by atoms with Gasteiger partial charge < -0.3 is 9.88 Å². The Morgan fingerprint density at radius 3 is 2.75 bits per heavy atom. The summed E-state index contributed by atoms with van der Waals surface area (Å²) in [5.41, 5.74) is 1.00. The Bertz CT molecular complexity index is 1080. The average Bonchev–Trinajstić information content (AvgIpc) is 2.92. The number of nitrogens with zero attached hydrogens (tertiary/aromatic N) is 2. The van der Waals surface area contributed by atoms with Gasteiger partial charge in [0.05, 0.1) is 10.9 Å². The number of piperidine rings is 1. The molecule has 0 radical (unpaired) electrons. The predicted molar refractivity (Wildman–Crippen MR) is 102 cm³/mol. The molecule has 0 atom stereocenters. The van der Waals surface area contributed by atoms with Crippen LogP contribution in [0, 0.1) is 3.95 Å². The number of carbonyl (C=O) groups excluding carboxylic acids is 1. The Labute approximate surface area is 155 Å². The third kappa shape index (κ3) is 2.53. The molecule has 1 aliphatic heterocycles. The SMILES string of the molecule is O=C(c1sc(=S)n2c1[nH]c(=O)c1cc(Br)ccc12)N1CCCCC1. The van der Waals surface area contributed by atoms with Crippen molar-refractivity contribution in [2.75, 3.05) is 13.1 Å². The molecule has 24 heavy (non-hydrogen) atoms. The van der Waals surface area contributed by atoms with Crippen LogP contribution in [-0.2, 0) is 0 Å². The van der Waals surface area contributed by atoms with Crippen LogP contribution >= 0.6 is 39.5 Å². The lowest BCUT2D eigenvalue weighted by molar-refractivity contribution is 0.0730. The first kappa shape index (κ1) is 16.0. The number of benzene rings is 1. The number of amides is 1. The number of hydrogen-bond donors (Lipinski definition) is 1. The second kappa shape index (κ2) is 6.09. The number of aromatic nitrogens is 2. The van der Waals surface area contributed by atoms with E-state index in [1.807, 2.05) is 17.0 Å². The normalized spacial score (nSPS) is 15.3. The van der Waals surface area contributed by atoms with Crippen molar-refractivity contribution in [3.05, 3.63) is 41.9 Å². The molecule has 3 heterocycles. The van der Waals surface area contributed by atoms with Gasteiger partial charge in [-0.2, -0.15) is 0 Å². The molecule has 0 spiro atoms. The summed E-state index contributed by atoms with van der Waals surface area (Å²) in [4.78, 5) is 30.6. The number of likely N-dealkylation sites (tertiary alicyclic amines) is 1. The molecule has 0 saturated carbocycles. The zero-order chi connectivity index (χ0) is 16.8. The molecule has 5 nitrogen and oxygen atoms in total. The molecule has 3 aromatic rings. The number of fused-ring (bicyclic) bond motifs is 3. The van der Waals surface area contributed by atoms with E-state index in [1.54, 1.807) is 10.5 Å². The van der Waals surface area contributed by atoms with Gasteiger partial charge >= 0.3 is 0 Å². The first-order chi connectivity index (χ1) is 11.6. The average molecular weight is 424 g/mol. The third-order valence-electron chi connectivity index (χ3n) is 4.32. The van der Waals surface area contributed by atoms with E-state index in [4.69, 9.17) is 12.2 Å². The fourth-order valence-corrected chi connectivity index (χ4v) is 4.86. The molecule has 1 N–H and O–H groups in total. The van der Waals surface area contributed by atoms with E-state index in [0.29, 0.717) is 19.9 Å². The van der Waals surface area contributed by atoms with Gasteiger partial charge in [0.15, 0.2) is 3.95 Å². The van der Waals surface area contributed by atoms with Crippen LogP contribution in [0.1, 0.15) is 28.9 Å². The summed E-state index contributed by atoms with van der Waals surface area (Å²) >= 11 is 10.1. The van der Waals surface area contributed by atoms with Crippen molar-refractivity contribution in [3.63, 3.8) is 0 Å². The highest BCUT2D eigenvalue weighted by atomic mass is 79.9. The summed E-state index contributed by atoms with van der Waals surface area (Å²) < 4.78 is 3.18. The number of rotatable bonds is 1. The smallest absolute Gasteiger partial charge is 0.267 e. The second-order valence-corrected chi connectivity index (χ2v) is 8.41. The summed E-state index contributed by atoms with van der Waals surface area (Å²) in [6, 6.07) is 5.48. The van der Waals surface area contributed by atoms with Crippen LogP contribution in [0.3, 0.4) is 0 Å². The highest BCUT2D eigenvalue weighted by Crippen LogP contribution is 2.26. The summed E-state index contributed by atoms with van der Waals surface area (Å²) in [5.74, 6) is -0.0413. The summed E-state index contributed by atoms with van der Waals surface area (Å²) in [5, 5.41) is 0.544. The van der Waals surface area contributed by atoms with Crippen LogP contribution in [0.25, 0.3) is 16.6 Å². The van der Waals surface area contributed by atoms with Crippen LogP contribution in [0.4, 0.5) is 0 Å². The lowest BCUT2D eigenvalue weighted by atomic mass is 10.1. The van der Waals surface area contributed by atoms with Gasteiger partial charge in [0.25, 0.3) is 11.5 Å². The lowest BCUT2D eigenvalue weighted by Gasteiger charge is -2.26. The number of aromatic amines is 1. The van der Waals surface area contributed by atoms with Gasteiger partial charge in [-0.15, -0.1) is 0 Å². The van der Waals surface area contributed by atoms with Gasteiger partial charge in [0, 0.05) is 17.6 Å². The van der Waals surface area contributed by atoms with Crippen molar-refractivity contribution in [1.29, 1.82) is 0 Å². The Hall–Kier alpha value is -1.51. The molecule has 8 heteroatoms. The molecule has 0 unspecified atom stereocenters. The molecule has 2 aromatic heterocycles. The fraction of sp³-hybridized carbons (Fsp3) is 0.312.